The number of sulfone groups is 1. The van der Waals surface area contributed by atoms with Crippen molar-refractivity contribution in [1.82, 2.24) is 5.32 Å². The average molecular weight is 367 g/mol. The van der Waals surface area contributed by atoms with E-state index >= 15 is 0 Å². The predicted molar refractivity (Wildman–Crippen MR) is 82.3 cm³/mol. The third kappa shape index (κ3) is 3.72. The van der Waals surface area contributed by atoms with Crippen LogP contribution in [-0.4, -0.2) is 26.5 Å². The molecule has 1 aliphatic heterocycles. The molecule has 0 spiro atoms. The molecule has 0 aromatic heterocycles. The maximum atomic E-state index is 11.7. The lowest BCUT2D eigenvalue weighted by molar-refractivity contribution is 0.399. The van der Waals surface area contributed by atoms with E-state index in [1.54, 1.807) is 0 Å². The number of halogens is 2. The van der Waals surface area contributed by atoms with Crippen LogP contribution in [0.4, 0.5) is 0 Å². The van der Waals surface area contributed by atoms with Crippen LogP contribution < -0.4 is 5.32 Å². The Morgan fingerprint density at radius 2 is 2.26 bits per heavy atom. The van der Waals surface area contributed by atoms with Crippen LogP contribution in [0, 0.1) is 5.92 Å². The summed E-state index contributed by atoms with van der Waals surface area (Å²) in [7, 11) is -2.88. The van der Waals surface area contributed by atoms with E-state index in [9.17, 15) is 8.42 Å². The van der Waals surface area contributed by atoms with Gasteiger partial charge in [-0.1, -0.05) is 34.5 Å². The molecule has 19 heavy (non-hydrogen) atoms. The largest absolute Gasteiger partial charge is 0.310 e. The van der Waals surface area contributed by atoms with Crippen LogP contribution in [0.3, 0.4) is 0 Å². The van der Waals surface area contributed by atoms with Gasteiger partial charge in [0.05, 0.1) is 11.5 Å². The molecule has 1 fully saturated rings. The highest BCUT2D eigenvalue weighted by atomic mass is 79.9. The molecule has 1 aromatic rings. The second-order valence-corrected chi connectivity index (χ2v) is 8.38. The van der Waals surface area contributed by atoms with Crippen molar-refractivity contribution in [2.24, 2.45) is 5.92 Å². The minimum absolute atomic E-state index is 0.0235. The Morgan fingerprint density at radius 3 is 2.84 bits per heavy atom. The van der Waals surface area contributed by atoms with Gasteiger partial charge in [-0.05, 0) is 42.6 Å². The molecule has 0 saturated carbocycles. The van der Waals surface area contributed by atoms with Crippen molar-refractivity contribution in [3.63, 3.8) is 0 Å². The Kier molecular flexibility index (Phi) is 4.93. The molecular weight excluding hydrogens is 350 g/mol. The van der Waals surface area contributed by atoms with E-state index in [-0.39, 0.29) is 23.5 Å². The molecule has 3 nitrogen and oxygen atoms in total. The van der Waals surface area contributed by atoms with Crippen LogP contribution in [-0.2, 0) is 9.84 Å². The van der Waals surface area contributed by atoms with Gasteiger partial charge in [0.1, 0.15) is 0 Å². The van der Waals surface area contributed by atoms with E-state index in [1.165, 1.54) is 0 Å². The molecule has 1 saturated heterocycles. The van der Waals surface area contributed by atoms with Crippen LogP contribution in [0.2, 0.25) is 5.02 Å². The molecule has 106 valence electrons. The Morgan fingerprint density at radius 1 is 1.53 bits per heavy atom. The van der Waals surface area contributed by atoms with Crippen LogP contribution in [0.25, 0.3) is 0 Å². The van der Waals surface area contributed by atoms with Crippen molar-refractivity contribution < 1.29 is 8.42 Å². The van der Waals surface area contributed by atoms with E-state index in [1.807, 2.05) is 25.1 Å². The van der Waals surface area contributed by atoms with E-state index < -0.39 is 9.84 Å². The van der Waals surface area contributed by atoms with Gasteiger partial charge in [-0.3, -0.25) is 0 Å². The molecule has 2 rings (SSSR count). The topological polar surface area (TPSA) is 46.2 Å². The van der Waals surface area contributed by atoms with Gasteiger partial charge < -0.3 is 5.32 Å². The highest BCUT2D eigenvalue weighted by Crippen LogP contribution is 2.36. The summed E-state index contributed by atoms with van der Waals surface area (Å²) in [5, 5.41) is 4.06. The summed E-state index contributed by atoms with van der Waals surface area (Å²) < 4.78 is 24.3. The second-order valence-electron chi connectivity index (χ2n) is 4.86. The quantitative estimate of drug-likeness (QED) is 0.890. The first-order valence-corrected chi connectivity index (χ1v) is 9.31. The van der Waals surface area contributed by atoms with Crippen molar-refractivity contribution in [1.29, 1.82) is 0 Å². The van der Waals surface area contributed by atoms with Crippen LogP contribution in [0.1, 0.15) is 24.9 Å². The molecule has 0 amide bonds. The van der Waals surface area contributed by atoms with Gasteiger partial charge in [-0.2, -0.15) is 0 Å². The van der Waals surface area contributed by atoms with Crippen LogP contribution in [0.5, 0.6) is 0 Å². The highest BCUT2D eigenvalue weighted by Gasteiger charge is 2.34. The maximum Gasteiger partial charge on any atom is 0.150 e. The molecule has 6 heteroatoms. The summed E-state index contributed by atoms with van der Waals surface area (Å²) >= 11 is 9.59. The Bertz CT molecular complexity index is 562. The summed E-state index contributed by atoms with van der Waals surface area (Å²) in [5.74, 6) is 0.654. The van der Waals surface area contributed by atoms with Crippen molar-refractivity contribution in [3.05, 3.63) is 33.3 Å². The summed E-state index contributed by atoms with van der Waals surface area (Å²) in [4.78, 5) is 0. The molecule has 2 unspecified atom stereocenters. The van der Waals surface area contributed by atoms with Gasteiger partial charge in [-0.15, -0.1) is 0 Å². The third-order valence-corrected chi connectivity index (χ3v) is 6.21. The predicted octanol–water partition coefficient (Wildman–Crippen LogP) is 3.19. The lowest BCUT2D eigenvalue weighted by Gasteiger charge is -2.25. The lowest BCUT2D eigenvalue weighted by atomic mass is 9.92. The summed E-state index contributed by atoms with van der Waals surface area (Å²) in [5.41, 5.74) is 1.04. The standard InChI is InChI=1S/C13H17BrClNO2S/c1-2-16-13(9-5-6-19(17,18)8-9)11-7-10(15)3-4-12(11)14/h3-4,7,9,13,16H,2,5-6,8H2,1H3. The van der Waals surface area contributed by atoms with E-state index in [4.69, 9.17) is 11.6 Å². The van der Waals surface area contributed by atoms with E-state index in [2.05, 4.69) is 21.2 Å². The van der Waals surface area contributed by atoms with Gasteiger partial charge in [0, 0.05) is 15.5 Å². The van der Waals surface area contributed by atoms with Crippen molar-refractivity contribution in [2.45, 2.75) is 19.4 Å². The van der Waals surface area contributed by atoms with Gasteiger partial charge >= 0.3 is 0 Å². The Balaban J connectivity index is 2.32. The zero-order chi connectivity index (χ0) is 14.0. The molecule has 0 bridgehead atoms. The first-order chi connectivity index (χ1) is 8.93. The van der Waals surface area contributed by atoms with E-state index in [0.29, 0.717) is 11.4 Å². The van der Waals surface area contributed by atoms with E-state index in [0.717, 1.165) is 16.6 Å². The van der Waals surface area contributed by atoms with Crippen LogP contribution in [0.15, 0.2) is 22.7 Å². The zero-order valence-corrected chi connectivity index (χ0v) is 13.9. The number of rotatable bonds is 4. The number of hydrogen-bond donors (Lipinski definition) is 1. The molecule has 1 N–H and O–H groups in total. The smallest absolute Gasteiger partial charge is 0.150 e. The number of benzene rings is 1. The van der Waals surface area contributed by atoms with Crippen molar-refractivity contribution in [2.75, 3.05) is 18.1 Å². The fraction of sp³-hybridized carbons (Fsp3) is 0.538. The Labute approximate surface area is 127 Å². The SMILES string of the molecule is CCNC(c1cc(Cl)ccc1Br)C1CCS(=O)(=O)C1. The molecule has 1 aliphatic rings. The first-order valence-electron chi connectivity index (χ1n) is 6.31. The minimum Gasteiger partial charge on any atom is -0.310 e. The monoisotopic (exact) mass is 365 g/mol. The highest BCUT2D eigenvalue weighted by molar-refractivity contribution is 9.10. The van der Waals surface area contributed by atoms with Gasteiger partial charge in [0.2, 0.25) is 0 Å². The average Bonchev–Trinajstić information content (AvgIpc) is 2.70. The van der Waals surface area contributed by atoms with Crippen molar-refractivity contribution in [3.8, 4) is 0 Å². The third-order valence-electron chi connectivity index (χ3n) is 3.46. The molecule has 1 heterocycles. The maximum absolute atomic E-state index is 11.7. The summed E-state index contributed by atoms with van der Waals surface area (Å²) in [6, 6.07) is 5.66. The van der Waals surface area contributed by atoms with Crippen LogP contribution >= 0.6 is 27.5 Å². The second kappa shape index (κ2) is 6.12. The molecular formula is C13H17BrClNO2S. The number of hydrogen-bond acceptors (Lipinski definition) is 3. The summed E-state index contributed by atoms with van der Waals surface area (Å²) in [6.07, 6.45) is 0.707. The fourth-order valence-corrected chi connectivity index (χ4v) is 5.10. The molecule has 1 aromatic carbocycles. The minimum atomic E-state index is -2.88. The van der Waals surface area contributed by atoms with Crippen molar-refractivity contribution >= 4 is 37.4 Å². The first kappa shape index (κ1) is 15.3. The summed E-state index contributed by atoms with van der Waals surface area (Å²) in [6.45, 7) is 2.81. The van der Waals surface area contributed by atoms with Gasteiger partial charge in [-0.25, -0.2) is 8.42 Å². The molecule has 0 radical (unpaired) electrons. The number of nitrogens with one attached hydrogen (secondary N) is 1. The molecule has 2 atom stereocenters. The molecule has 0 aliphatic carbocycles. The Hall–Kier alpha value is -0.100. The lowest BCUT2D eigenvalue weighted by Crippen LogP contribution is -2.29. The fourth-order valence-electron chi connectivity index (χ4n) is 2.59. The van der Waals surface area contributed by atoms with Gasteiger partial charge in [0.25, 0.3) is 0 Å². The normalized spacial score (nSPS) is 23.4. The van der Waals surface area contributed by atoms with Gasteiger partial charge in [0.15, 0.2) is 9.84 Å². The zero-order valence-electron chi connectivity index (χ0n) is 10.7.